The Bertz CT molecular complexity index is 1710. The molecule has 4 aliphatic carbocycles. The fourth-order valence-corrected chi connectivity index (χ4v) is 10.1. The lowest BCUT2D eigenvalue weighted by atomic mass is 9.48. The lowest BCUT2D eigenvalue weighted by molar-refractivity contribution is -0.140. The molecular formula is C38H45Cl2N3O4S. The van der Waals surface area contributed by atoms with Crippen LogP contribution >= 0.6 is 23.2 Å². The third-order valence-corrected chi connectivity index (χ3v) is 12.3. The van der Waals surface area contributed by atoms with Crippen molar-refractivity contribution in [2.45, 2.75) is 82.8 Å². The van der Waals surface area contributed by atoms with Crippen LogP contribution < -0.4 is 9.62 Å². The molecule has 256 valence electrons. The summed E-state index contributed by atoms with van der Waals surface area (Å²) in [5, 5.41) is 3.76. The molecule has 1 N–H and O–H groups in total. The van der Waals surface area contributed by atoms with E-state index in [0.29, 0.717) is 21.3 Å². The molecule has 3 aromatic carbocycles. The summed E-state index contributed by atoms with van der Waals surface area (Å²) in [7, 11) is -3.87. The van der Waals surface area contributed by atoms with Gasteiger partial charge < -0.3 is 10.2 Å². The summed E-state index contributed by atoms with van der Waals surface area (Å²) in [4.78, 5) is 29.7. The van der Waals surface area contributed by atoms with Crippen molar-refractivity contribution in [2.75, 3.05) is 17.1 Å². The zero-order valence-electron chi connectivity index (χ0n) is 27.9. The Morgan fingerprint density at radius 1 is 0.896 bits per heavy atom. The number of hydrogen-bond donors (Lipinski definition) is 1. The molecule has 0 saturated heterocycles. The first-order valence-corrected chi connectivity index (χ1v) is 19.6. The van der Waals surface area contributed by atoms with Gasteiger partial charge in [0.05, 0.1) is 11.9 Å². The smallest absolute Gasteiger partial charge is 0.244 e. The zero-order chi connectivity index (χ0) is 34.2. The van der Waals surface area contributed by atoms with Gasteiger partial charge in [-0.1, -0.05) is 71.7 Å². The van der Waals surface area contributed by atoms with E-state index in [1.54, 1.807) is 18.2 Å². The fourth-order valence-electron chi connectivity index (χ4n) is 8.83. The van der Waals surface area contributed by atoms with E-state index in [2.05, 4.69) is 17.4 Å². The first kappa shape index (κ1) is 34.8. The molecule has 4 saturated carbocycles. The van der Waals surface area contributed by atoms with E-state index in [0.717, 1.165) is 33.9 Å². The molecule has 4 aliphatic rings. The van der Waals surface area contributed by atoms with Crippen LogP contribution in [0.2, 0.25) is 10.0 Å². The molecule has 0 unspecified atom stereocenters. The monoisotopic (exact) mass is 709 g/mol. The number of amides is 2. The van der Waals surface area contributed by atoms with E-state index in [4.69, 9.17) is 23.2 Å². The third-order valence-electron chi connectivity index (χ3n) is 10.5. The number of sulfonamides is 1. The topological polar surface area (TPSA) is 86.8 Å². The highest BCUT2D eigenvalue weighted by molar-refractivity contribution is 7.92. The summed E-state index contributed by atoms with van der Waals surface area (Å²) < 4.78 is 27.8. The number of nitrogens with zero attached hydrogens (tertiary/aromatic N) is 2. The molecule has 0 radical (unpaired) electrons. The molecule has 0 aliphatic heterocycles. The van der Waals surface area contributed by atoms with Gasteiger partial charge in [0, 0.05) is 29.1 Å². The second-order valence-electron chi connectivity index (χ2n) is 14.6. The van der Waals surface area contributed by atoms with Gasteiger partial charge in [-0.25, -0.2) is 8.42 Å². The summed E-state index contributed by atoms with van der Waals surface area (Å²) in [5.74, 6) is 1.52. The SMILES string of the molecule is CC(C)NC(=O)[C@H](Cc1ccccc1)N(Cc1ccc(Cl)cc1Cl)C(=O)CN(c1ccc(C23CC4CC(CC(C4)C2)C3)cc1)S(C)(=O)=O. The van der Waals surface area contributed by atoms with Crippen LogP contribution in [-0.2, 0) is 38.0 Å². The van der Waals surface area contributed by atoms with Crippen molar-refractivity contribution in [1.29, 1.82) is 0 Å². The Balaban J connectivity index is 1.32. The molecule has 1 atom stereocenters. The Kier molecular flexibility index (Phi) is 10.2. The standard InChI is InChI=1S/C38H45Cl2N3O4S/c1-25(2)41-37(45)35(18-26-7-5-4-6-8-26)42(23-30-9-12-32(39)19-34(30)40)36(44)24-43(48(3,46)47)33-13-10-31(11-14-33)38-20-27-15-28(21-38)17-29(16-27)22-38/h4-14,19,25,27-29,35H,15-18,20-24H2,1-3H3,(H,41,45)/t27?,28?,29?,35-,38?/m0/s1. The molecule has 10 heteroatoms. The van der Waals surface area contributed by atoms with E-state index in [-0.39, 0.29) is 30.3 Å². The number of nitrogens with one attached hydrogen (secondary N) is 1. The quantitative estimate of drug-likeness (QED) is 0.213. The maximum atomic E-state index is 14.4. The van der Waals surface area contributed by atoms with Crippen LogP contribution in [0.1, 0.15) is 69.1 Å². The van der Waals surface area contributed by atoms with Gasteiger partial charge in [-0.05, 0) is 116 Å². The molecule has 2 amide bonds. The predicted molar refractivity (Wildman–Crippen MR) is 193 cm³/mol. The van der Waals surface area contributed by atoms with Gasteiger partial charge in [-0.2, -0.15) is 0 Å². The number of carbonyl (C=O) groups is 2. The number of carbonyl (C=O) groups excluding carboxylic acids is 2. The Labute approximate surface area is 295 Å². The van der Waals surface area contributed by atoms with Gasteiger partial charge in [0.25, 0.3) is 0 Å². The van der Waals surface area contributed by atoms with E-state index < -0.39 is 28.5 Å². The molecule has 48 heavy (non-hydrogen) atoms. The lowest BCUT2D eigenvalue weighted by Crippen LogP contribution is -2.54. The molecule has 0 heterocycles. The van der Waals surface area contributed by atoms with Crippen molar-refractivity contribution >= 4 is 50.7 Å². The van der Waals surface area contributed by atoms with Crippen molar-refractivity contribution in [3.8, 4) is 0 Å². The van der Waals surface area contributed by atoms with Crippen LogP contribution in [-0.4, -0.2) is 50.0 Å². The Morgan fingerprint density at radius 2 is 1.50 bits per heavy atom. The molecule has 4 fully saturated rings. The summed E-state index contributed by atoms with van der Waals surface area (Å²) in [5.41, 5.74) is 3.33. The molecule has 7 rings (SSSR count). The van der Waals surface area contributed by atoms with Gasteiger partial charge in [0.15, 0.2) is 0 Å². The highest BCUT2D eigenvalue weighted by Gasteiger charge is 2.51. The number of rotatable bonds is 12. The third kappa shape index (κ3) is 7.71. The summed E-state index contributed by atoms with van der Waals surface area (Å²) >= 11 is 12.8. The predicted octanol–water partition coefficient (Wildman–Crippen LogP) is 7.39. The molecule has 0 spiro atoms. The van der Waals surface area contributed by atoms with E-state index in [1.807, 2.05) is 56.3 Å². The van der Waals surface area contributed by atoms with Crippen LogP contribution in [0.3, 0.4) is 0 Å². The van der Waals surface area contributed by atoms with Crippen LogP contribution in [0.4, 0.5) is 5.69 Å². The highest BCUT2D eigenvalue weighted by atomic mass is 35.5. The number of anilines is 1. The van der Waals surface area contributed by atoms with Crippen LogP contribution in [0, 0.1) is 17.8 Å². The summed E-state index contributed by atoms with van der Waals surface area (Å²) in [6, 6.07) is 21.2. The molecule has 4 bridgehead atoms. The Morgan fingerprint density at radius 3 is 2.04 bits per heavy atom. The van der Waals surface area contributed by atoms with Gasteiger partial charge in [0.2, 0.25) is 21.8 Å². The highest BCUT2D eigenvalue weighted by Crippen LogP contribution is 2.60. The first-order valence-electron chi connectivity index (χ1n) is 17.0. The van der Waals surface area contributed by atoms with Gasteiger partial charge in [-0.3, -0.25) is 13.9 Å². The van der Waals surface area contributed by atoms with Gasteiger partial charge in [-0.15, -0.1) is 0 Å². The number of halogens is 2. The zero-order valence-corrected chi connectivity index (χ0v) is 30.2. The van der Waals surface area contributed by atoms with E-state index in [1.165, 1.54) is 49.0 Å². The number of hydrogen-bond acceptors (Lipinski definition) is 4. The molecule has 3 aromatic rings. The average molecular weight is 711 g/mol. The fraction of sp³-hybridized carbons (Fsp3) is 0.474. The average Bonchev–Trinajstić information content (AvgIpc) is 3.01. The van der Waals surface area contributed by atoms with Crippen LogP contribution in [0.15, 0.2) is 72.8 Å². The maximum absolute atomic E-state index is 14.4. The maximum Gasteiger partial charge on any atom is 0.244 e. The minimum atomic E-state index is -3.87. The van der Waals surface area contributed by atoms with Crippen molar-refractivity contribution in [3.05, 3.63) is 99.5 Å². The second-order valence-corrected chi connectivity index (χ2v) is 17.4. The molecule has 7 nitrogen and oxygen atoms in total. The number of benzene rings is 3. The minimum absolute atomic E-state index is 0.0135. The first-order chi connectivity index (χ1) is 22.8. The summed E-state index contributed by atoms with van der Waals surface area (Å²) in [6.07, 6.45) is 9.00. The lowest BCUT2D eigenvalue weighted by Gasteiger charge is -2.57. The van der Waals surface area contributed by atoms with E-state index >= 15 is 0 Å². The minimum Gasteiger partial charge on any atom is -0.352 e. The van der Waals surface area contributed by atoms with Crippen LogP contribution in [0.25, 0.3) is 0 Å². The van der Waals surface area contributed by atoms with Crippen molar-refractivity contribution in [1.82, 2.24) is 10.2 Å². The van der Waals surface area contributed by atoms with Crippen molar-refractivity contribution in [2.24, 2.45) is 17.8 Å². The van der Waals surface area contributed by atoms with Crippen molar-refractivity contribution in [3.63, 3.8) is 0 Å². The largest absolute Gasteiger partial charge is 0.352 e. The van der Waals surface area contributed by atoms with Gasteiger partial charge in [0.1, 0.15) is 12.6 Å². The second kappa shape index (κ2) is 14.0. The Hall–Kier alpha value is -3.07. The van der Waals surface area contributed by atoms with Crippen LogP contribution in [0.5, 0.6) is 0 Å². The molecular weight excluding hydrogens is 665 g/mol. The van der Waals surface area contributed by atoms with Gasteiger partial charge >= 0.3 is 0 Å². The normalized spacial score (nSPS) is 23.6. The van der Waals surface area contributed by atoms with Crippen molar-refractivity contribution < 1.29 is 18.0 Å². The van der Waals surface area contributed by atoms with E-state index in [9.17, 15) is 18.0 Å². The summed E-state index contributed by atoms with van der Waals surface area (Å²) in [6.45, 7) is 3.23. The molecule has 0 aromatic heterocycles.